The molecule has 0 radical (unpaired) electrons. The number of nitrogens with zero attached hydrogens (tertiary/aromatic N) is 8. The number of aromatic nitrogens is 5. The molecule has 8 nitrogen and oxygen atoms in total. The maximum Gasteiger partial charge on any atom is 0.196 e. The monoisotopic (exact) mass is 854 g/mol. The molecule has 0 aliphatic carbocycles. The van der Waals surface area contributed by atoms with Crippen molar-refractivity contribution in [1.29, 1.82) is 10.5 Å². The van der Waals surface area contributed by atoms with Crippen molar-refractivity contribution in [3.63, 3.8) is 0 Å². The number of hydrogen-bond acceptors (Lipinski definition) is 6. The van der Waals surface area contributed by atoms with Gasteiger partial charge in [-0.3, -0.25) is 0 Å². The Bertz CT molecular complexity index is 3560. The van der Waals surface area contributed by atoms with Gasteiger partial charge < -0.3 is 4.57 Å². The van der Waals surface area contributed by atoms with E-state index in [1.165, 1.54) is 0 Å². The first-order valence-electron chi connectivity index (χ1n) is 21.6. The van der Waals surface area contributed by atoms with E-state index >= 15 is 0 Å². The lowest BCUT2D eigenvalue weighted by molar-refractivity contribution is 1.13. The van der Waals surface area contributed by atoms with Crippen molar-refractivity contribution < 1.29 is 0 Å². The Morgan fingerprint density at radius 1 is 0.388 bits per heavy atom. The van der Waals surface area contributed by atoms with Crippen LogP contribution in [0.2, 0.25) is 0 Å². The maximum absolute atomic E-state index is 11.0. The van der Waals surface area contributed by atoms with E-state index in [1.807, 2.05) is 170 Å². The highest BCUT2D eigenvalue weighted by Gasteiger charge is 2.26. The fourth-order valence-electron chi connectivity index (χ4n) is 8.76. The first kappa shape index (κ1) is 40.0. The quantitative estimate of drug-likeness (QED) is 0.141. The summed E-state index contributed by atoms with van der Waals surface area (Å²) in [4.78, 5) is 25.0. The Morgan fingerprint density at radius 2 is 0.896 bits per heavy atom. The molecule has 11 rings (SSSR count). The molecule has 11 aromatic rings. The first-order chi connectivity index (χ1) is 33.1. The van der Waals surface area contributed by atoms with Gasteiger partial charge in [-0.05, 0) is 59.7 Å². The van der Waals surface area contributed by atoms with Crippen molar-refractivity contribution in [3.05, 3.63) is 229 Å². The van der Waals surface area contributed by atoms with Crippen LogP contribution in [0.25, 0.3) is 111 Å². The Balaban J connectivity index is 1.30. The molecule has 8 aromatic carbocycles. The molecule has 67 heavy (non-hydrogen) atoms. The van der Waals surface area contributed by atoms with E-state index in [0.29, 0.717) is 62.2 Å². The van der Waals surface area contributed by atoms with Crippen LogP contribution in [0.5, 0.6) is 0 Å². The Morgan fingerprint density at radius 3 is 1.49 bits per heavy atom. The Hall–Kier alpha value is -9.81. The smallest absolute Gasteiger partial charge is 0.196 e. The summed E-state index contributed by atoms with van der Waals surface area (Å²) in [5.41, 5.74) is 12.7. The summed E-state index contributed by atoms with van der Waals surface area (Å²) in [5, 5.41) is 22.6. The number of nitriles is 2. The highest BCUT2D eigenvalue weighted by atomic mass is 15.0. The van der Waals surface area contributed by atoms with Crippen molar-refractivity contribution in [2.24, 2.45) is 0 Å². The minimum atomic E-state index is 0.378. The summed E-state index contributed by atoms with van der Waals surface area (Å²) < 4.78 is 2.22. The molecule has 0 spiro atoms. The predicted molar refractivity (Wildman–Crippen MR) is 266 cm³/mol. The zero-order valence-corrected chi connectivity index (χ0v) is 35.7. The second-order valence-electron chi connectivity index (χ2n) is 16.0. The van der Waals surface area contributed by atoms with Crippen LogP contribution in [0, 0.1) is 29.2 Å². The summed E-state index contributed by atoms with van der Waals surface area (Å²) in [6.45, 7) is 8.09. The van der Waals surface area contributed by atoms with Crippen LogP contribution in [0.15, 0.2) is 206 Å². The summed E-state index contributed by atoms with van der Waals surface area (Å²) in [7, 11) is 0. The predicted octanol–water partition coefficient (Wildman–Crippen LogP) is 14.3. The lowest BCUT2D eigenvalue weighted by Gasteiger charge is -2.20. The average Bonchev–Trinajstić information content (AvgIpc) is 3.74. The molecule has 8 heteroatoms. The van der Waals surface area contributed by atoms with Gasteiger partial charge in [0.1, 0.15) is 0 Å². The van der Waals surface area contributed by atoms with E-state index in [1.54, 1.807) is 12.1 Å². The van der Waals surface area contributed by atoms with Gasteiger partial charge in [-0.2, -0.15) is 10.5 Å². The lowest BCUT2D eigenvalue weighted by atomic mass is 9.97. The third-order valence-electron chi connectivity index (χ3n) is 11.9. The zero-order chi connectivity index (χ0) is 45.3. The molecule has 0 saturated carbocycles. The topological polar surface area (TPSA) is 108 Å². The Labute approximate surface area is 386 Å². The summed E-state index contributed by atoms with van der Waals surface area (Å²) in [6.07, 6.45) is 0. The molecule has 0 unspecified atom stereocenters. The van der Waals surface area contributed by atoms with Crippen LogP contribution in [-0.2, 0) is 0 Å². The number of hydrogen-bond donors (Lipinski definition) is 0. The van der Waals surface area contributed by atoms with E-state index < -0.39 is 0 Å². The third-order valence-corrected chi connectivity index (χ3v) is 11.9. The SMILES string of the molecule is [C-]#[N+]c1cc(C#N)ccc1-c1ccc2c3ccccc3n(-c3c(-c4cc(-c5ccccc5)nc(-c5ccccc5)n4)cc(C#N)cc3-c3nc(-c4ccccc4)cc(-c4ccccc4)n3)c2c1. The first-order valence-corrected chi connectivity index (χ1v) is 21.6. The van der Waals surface area contributed by atoms with Gasteiger partial charge in [-0.25, -0.2) is 24.8 Å². The van der Waals surface area contributed by atoms with Gasteiger partial charge in [-0.1, -0.05) is 158 Å². The molecule has 3 heterocycles. The van der Waals surface area contributed by atoms with Crippen LogP contribution in [0.4, 0.5) is 5.69 Å². The second-order valence-corrected chi connectivity index (χ2v) is 16.0. The molecule has 0 fully saturated rings. The molecule has 0 amide bonds. The van der Waals surface area contributed by atoms with Crippen LogP contribution in [-0.4, -0.2) is 24.5 Å². The van der Waals surface area contributed by atoms with Gasteiger partial charge in [0, 0.05) is 49.7 Å². The van der Waals surface area contributed by atoms with E-state index in [0.717, 1.165) is 61.0 Å². The average molecular weight is 855 g/mol. The van der Waals surface area contributed by atoms with Crippen molar-refractivity contribution in [1.82, 2.24) is 24.5 Å². The summed E-state index contributed by atoms with van der Waals surface area (Å²) in [6, 6.07) is 72.0. The van der Waals surface area contributed by atoms with Gasteiger partial charge in [0.05, 0.1) is 63.8 Å². The van der Waals surface area contributed by atoms with Crippen molar-refractivity contribution in [2.75, 3.05) is 0 Å². The molecule has 0 bridgehead atoms. The van der Waals surface area contributed by atoms with Crippen molar-refractivity contribution in [3.8, 4) is 96.8 Å². The number of benzene rings is 8. The standard InChI is InChI=1S/C59H34N8/c1-62-53-32-38(36-60)26-28-45(53)44-27-29-47-46-24-14-15-25-55(46)67(56(47)33-44)57-48(54-35-52(42-20-10-4-11-21-42)63-58(66-54)43-22-12-5-13-23-43)30-39(37-61)31-49(57)59-64-50(40-16-6-2-7-17-40)34-51(65-59)41-18-8-3-9-19-41/h2-35H. The summed E-state index contributed by atoms with van der Waals surface area (Å²) >= 11 is 0. The Kier molecular flexibility index (Phi) is 10.2. The van der Waals surface area contributed by atoms with Crippen molar-refractivity contribution >= 4 is 27.5 Å². The normalized spacial score (nSPS) is 10.9. The molecule has 0 aliphatic rings. The van der Waals surface area contributed by atoms with Crippen LogP contribution >= 0.6 is 0 Å². The van der Waals surface area contributed by atoms with Crippen LogP contribution in [0.1, 0.15) is 11.1 Å². The van der Waals surface area contributed by atoms with Gasteiger partial charge >= 0.3 is 0 Å². The molecular weight excluding hydrogens is 821 g/mol. The van der Waals surface area contributed by atoms with E-state index in [9.17, 15) is 10.5 Å². The fraction of sp³-hybridized carbons (Fsp3) is 0. The van der Waals surface area contributed by atoms with Crippen LogP contribution in [0.3, 0.4) is 0 Å². The largest absolute Gasteiger partial charge is 0.308 e. The maximum atomic E-state index is 11.0. The van der Waals surface area contributed by atoms with Gasteiger partial charge in [0.25, 0.3) is 0 Å². The van der Waals surface area contributed by atoms with E-state index in [-0.39, 0.29) is 0 Å². The van der Waals surface area contributed by atoms with Gasteiger partial charge in [-0.15, -0.1) is 0 Å². The molecule has 0 aliphatic heterocycles. The van der Waals surface area contributed by atoms with Gasteiger partial charge in [0.2, 0.25) is 0 Å². The molecule has 0 saturated heterocycles. The van der Waals surface area contributed by atoms with Gasteiger partial charge in [0.15, 0.2) is 17.3 Å². The van der Waals surface area contributed by atoms with E-state index in [2.05, 4.69) is 45.8 Å². The fourth-order valence-corrected chi connectivity index (χ4v) is 8.76. The molecule has 0 N–H and O–H groups in total. The third kappa shape index (κ3) is 7.41. The number of para-hydroxylation sites is 1. The highest BCUT2D eigenvalue weighted by Crippen LogP contribution is 2.44. The number of fused-ring (bicyclic) bond motifs is 3. The van der Waals surface area contributed by atoms with E-state index in [4.69, 9.17) is 26.5 Å². The molecular formula is C59H34N8. The summed E-state index contributed by atoms with van der Waals surface area (Å²) in [5.74, 6) is 0.941. The highest BCUT2D eigenvalue weighted by molar-refractivity contribution is 6.11. The van der Waals surface area contributed by atoms with Crippen LogP contribution < -0.4 is 0 Å². The molecule has 3 aromatic heterocycles. The number of rotatable bonds is 8. The minimum Gasteiger partial charge on any atom is -0.308 e. The second kappa shape index (κ2) is 17.1. The zero-order valence-electron chi connectivity index (χ0n) is 35.7. The minimum absolute atomic E-state index is 0.378. The molecule has 0 atom stereocenters. The lowest BCUT2D eigenvalue weighted by Crippen LogP contribution is -2.06. The van der Waals surface area contributed by atoms with Crippen molar-refractivity contribution in [2.45, 2.75) is 0 Å². The molecule has 310 valence electrons.